The predicted octanol–water partition coefficient (Wildman–Crippen LogP) is 6.25. The number of rotatable bonds is 7. The molecule has 0 atom stereocenters. The number of benzene rings is 3. The van der Waals surface area contributed by atoms with Crippen LogP contribution in [0.1, 0.15) is 11.1 Å². The van der Waals surface area contributed by atoms with Crippen molar-refractivity contribution >= 4 is 63.8 Å². The molecule has 6 nitrogen and oxygen atoms in total. The van der Waals surface area contributed by atoms with Crippen molar-refractivity contribution in [3.8, 4) is 5.75 Å². The van der Waals surface area contributed by atoms with Crippen LogP contribution >= 0.6 is 35.0 Å². The molecule has 0 radical (unpaired) electrons. The summed E-state index contributed by atoms with van der Waals surface area (Å²) < 4.78 is 5.68. The zero-order valence-corrected chi connectivity index (χ0v) is 20.0. The minimum Gasteiger partial charge on any atom is -0.483 e. The van der Waals surface area contributed by atoms with E-state index in [0.29, 0.717) is 27.0 Å². The van der Waals surface area contributed by atoms with E-state index in [1.165, 1.54) is 4.90 Å². The highest BCUT2D eigenvalue weighted by Crippen LogP contribution is 2.35. The Morgan fingerprint density at radius 2 is 1.74 bits per heavy atom. The Morgan fingerprint density at radius 3 is 2.50 bits per heavy atom. The molecule has 34 heavy (non-hydrogen) atoms. The van der Waals surface area contributed by atoms with Gasteiger partial charge in [-0.15, -0.1) is 0 Å². The zero-order valence-electron chi connectivity index (χ0n) is 17.7. The monoisotopic (exact) mass is 512 g/mol. The molecule has 0 aromatic heterocycles. The first-order chi connectivity index (χ1) is 16.4. The molecule has 3 aromatic rings. The number of imide groups is 1. The van der Waals surface area contributed by atoms with E-state index in [0.717, 1.165) is 17.3 Å². The molecule has 172 valence electrons. The predicted molar refractivity (Wildman–Crippen MR) is 135 cm³/mol. The van der Waals surface area contributed by atoms with Gasteiger partial charge in [-0.05, 0) is 53.7 Å². The zero-order chi connectivity index (χ0) is 24.1. The number of halogens is 2. The number of carbonyl (C=O) groups is 3. The summed E-state index contributed by atoms with van der Waals surface area (Å²) in [6, 6.07) is 20.9. The molecule has 0 unspecified atom stereocenters. The van der Waals surface area contributed by atoms with Crippen LogP contribution in [0, 0.1) is 0 Å². The average Bonchev–Trinajstić information content (AvgIpc) is 3.08. The third-order valence-electron chi connectivity index (χ3n) is 4.82. The largest absolute Gasteiger partial charge is 0.483 e. The highest BCUT2D eigenvalue weighted by atomic mass is 35.5. The van der Waals surface area contributed by atoms with Crippen molar-refractivity contribution in [1.29, 1.82) is 0 Å². The molecule has 4 rings (SSSR count). The van der Waals surface area contributed by atoms with E-state index in [-0.39, 0.29) is 23.3 Å². The third-order valence-corrected chi connectivity index (χ3v) is 6.29. The molecule has 0 spiro atoms. The molecule has 1 heterocycles. The molecular formula is C25H18Cl2N2O4S. The first kappa shape index (κ1) is 23.9. The average molecular weight is 513 g/mol. The van der Waals surface area contributed by atoms with Gasteiger partial charge in [-0.2, -0.15) is 0 Å². The summed E-state index contributed by atoms with van der Waals surface area (Å²) in [6.07, 6.45) is 1.54. The number of para-hydroxylation sites is 1. The molecule has 1 aliphatic rings. The van der Waals surface area contributed by atoms with Gasteiger partial charge in [-0.1, -0.05) is 65.7 Å². The van der Waals surface area contributed by atoms with Gasteiger partial charge >= 0.3 is 0 Å². The Balaban J connectivity index is 1.48. The van der Waals surface area contributed by atoms with Crippen LogP contribution in [-0.4, -0.2) is 28.6 Å². The fourth-order valence-electron chi connectivity index (χ4n) is 3.20. The van der Waals surface area contributed by atoms with Gasteiger partial charge in [-0.25, -0.2) is 0 Å². The molecule has 1 saturated heterocycles. The standard InChI is InChI=1S/C25H18Cl2N2O4S/c26-18-10-11-21(33-15-23(30)28-20-9-5-4-8-19(20)27)17(12-18)13-22-24(31)29(25(32)34-22)14-16-6-2-1-3-7-16/h1-13H,14-15H2,(H,28,30)/b22-13-. The fraction of sp³-hybridized carbons (Fsp3) is 0.0800. The number of ether oxygens (including phenoxy) is 1. The van der Waals surface area contributed by atoms with Crippen molar-refractivity contribution in [2.45, 2.75) is 6.54 Å². The molecule has 1 N–H and O–H groups in total. The van der Waals surface area contributed by atoms with Gasteiger partial charge in [0.15, 0.2) is 6.61 Å². The summed E-state index contributed by atoms with van der Waals surface area (Å²) in [5.74, 6) is -0.466. The van der Waals surface area contributed by atoms with Gasteiger partial charge in [0.05, 0.1) is 22.2 Å². The maximum absolute atomic E-state index is 12.9. The Labute approximate surface area is 210 Å². The third kappa shape index (κ3) is 5.80. The molecule has 9 heteroatoms. The molecule has 1 fully saturated rings. The van der Waals surface area contributed by atoms with Gasteiger partial charge < -0.3 is 10.1 Å². The summed E-state index contributed by atoms with van der Waals surface area (Å²) in [5, 5.41) is 3.15. The van der Waals surface area contributed by atoms with Crippen molar-refractivity contribution in [2.75, 3.05) is 11.9 Å². The van der Waals surface area contributed by atoms with Gasteiger partial charge in [0.1, 0.15) is 5.75 Å². The summed E-state index contributed by atoms with van der Waals surface area (Å²) in [7, 11) is 0. The quantitative estimate of drug-likeness (QED) is 0.378. The molecule has 3 aromatic carbocycles. The lowest BCUT2D eigenvalue weighted by Gasteiger charge is -2.12. The van der Waals surface area contributed by atoms with Crippen molar-refractivity contribution in [3.05, 3.63) is 98.9 Å². The molecular weight excluding hydrogens is 495 g/mol. The molecule has 0 saturated carbocycles. The van der Waals surface area contributed by atoms with Gasteiger partial charge in [0.25, 0.3) is 17.1 Å². The van der Waals surface area contributed by atoms with E-state index in [2.05, 4.69) is 5.32 Å². The van der Waals surface area contributed by atoms with Crippen LogP contribution in [0.15, 0.2) is 77.7 Å². The van der Waals surface area contributed by atoms with Crippen LogP contribution in [0.3, 0.4) is 0 Å². The summed E-state index contributed by atoms with van der Waals surface area (Å²) in [6.45, 7) is -0.104. The van der Waals surface area contributed by atoms with Crippen LogP contribution < -0.4 is 10.1 Å². The summed E-state index contributed by atoms with van der Waals surface area (Å²) in [4.78, 5) is 39.1. The van der Waals surface area contributed by atoms with Crippen LogP contribution in [0.4, 0.5) is 10.5 Å². The number of anilines is 1. The second kappa shape index (κ2) is 10.8. The minimum atomic E-state index is -0.405. The molecule has 1 aliphatic heterocycles. The number of thioether (sulfide) groups is 1. The second-order valence-electron chi connectivity index (χ2n) is 7.25. The van der Waals surface area contributed by atoms with E-state index in [1.807, 2.05) is 30.3 Å². The Bertz CT molecular complexity index is 1280. The Kier molecular flexibility index (Phi) is 7.57. The first-order valence-corrected chi connectivity index (χ1v) is 11.7. The maximum atomic E-state index is 12.9. The smallest absolute Gasteiger partial charge is 0.293 e. The number of nitrogens with one attached hydrogen (secondary N) is 1. The molecule has 3 amide bonds. The van der Waals surface area contributed by atoms with E-state index in [1.54, 1.807) is 48.5 Å². The lowest BCUT2D eigenvalue weighted by atomic mass is 10.1. The number of carbonyl (C=O) groups excluding carboxylic acids is 3. The first-order valence-electron chi connectivity index (χ1n) is 10.2. The normalized spacial score (nSPS) is 14.5. The number of hydrogen-bond acceptors (Lipinski definition) is 5. The van der Waals surface area contributed by atoms with E-state index in [9.17, 15) is 14.4 Å². The van der Waals surface area contributed by atoms with Crippen LogP contribution in [-0.2, 0) is 16.1 Å². The van der Waals surface area contributed by atoms with Gasteiger partial charge in [0, 0.05) is 10.6 Å². The van der Waals surface area contributed by atoms with Crippen molar-refractivity contribution in [2.24, 2.45) is 0 Å². The van der Waals surface area contributed by atoms with Crippen molar-refractivity contribution < 1.29 is 19.1 Å². The van der Waals surface area contributed by atoms with Crippen molar-refractivity contribution in [3.63, 3.8) is 0 Å². The Morgan fingerprint density at radius 1 is 1.00 bits per heavy atom. The minimum absolute atomic E-state index is 0.184. The lowest BCUT2D eigenvalue weighted by Crippen LogP contribution is -2.27. The fourth-order valence-corrected chi connectivity index (χ4v) is 4.39. The van der Waals surface area contributed by atoms with Crippen molar-refractivity contribution in [1.82, 2.24) is 4.90 Å². The maximum Gasteiger partial charge on any atom is 0.293 e. The summed E-state index contributed by atoms with van der Waals surface area (Å²) in [5.41, 5.74) is 1.80. The van der Waals surface area contributed by atoms with Crippen LogP contribution in [0.5, 0.6) is 5.75 Å². The number of hydrogen-bond donors (Lipinski definition) is 1. The number of amides is 3. The SMILES string of the molecule is O=C(COc1ccc(Cl)cc1/C=C1\SC(=O)N(Cc2ccccc2)C1=O)Nc1ccccc1Cl. The summed E-state index contributed by atoms with van der Waals surface area (Å²) >= 11 is 13.1. The van der Waals surface area contributed by atoms with E-state index >= 15 is 0 Å². The Hall–Kier alpha value is -3.26. The topological polar surface area (TPSA) is 75.7 Å². The number of nitrogens with zero attached hydrogens (tertiary/aromatic N) is 1. The lowest BCUT2D eigenvalue weighted by molar-refractivity contribution is -0.123. The highest BCUT2D eigenvalue weighted by molar-refractivity contribution is 8.18. The van der Waals surface area contributed by atoms with Crippen LogP contribution in [0.2, 0.25) is 10.0 Å². The second-order valence-corrected chi connectivity index (χ2v) is 9.09. The molecule has 0 bridgehead atoms. The highest BCUT2D eigenvalue weighted by Gasteiger charge is 2.35. The van der Waals surface area contributed by atoms with Crippen LogP contribution in [0.25, 0.3) is 6.08 Å². The van der Waals surface area contributed by atoms with E-state index < -0.39 is 11.8 Å². The van der Waals surface area contributed by atoms with E-state index in [4.69, 9.17) is 27.9 Å². The van der Waals surface area contributed by atoms with Gasteiger partial charge in [-0.3, -0.25) is 19.3 Å². The van der Waals surface area contributed by atoms with Gasteiger partial charge in [0.2, 0.25) is 0 Å². The molecule has 0 aliphatic carbocycles.